The quantitative estimate of drug-likeness (QED) is 0.600. The summed E-state index contributed by atoms with van der Waals surface area (Å²) >= 11 is 0. The minimum Gasteiger partial charge on any atom is -0.388 e. The number of rotatable bonds is 2. The molecule has 1 aromatic carbocycles. The van der Waals surface area contributed by atoms with Gasteiger partial charge in [-0.3, -0.25) is 10.1 Å². The number of nitrogens with one attached hydrogen (secondary N) is 1. The lowest BCUT2D eigenvalue weighted by Crippen LogP contribution is -2.13. The van der Waals surface area contributed by atoms with Crippen LogP contribution in [0.4, 0.5) is 11.4 Å². The van der Waals surface area contributed by atoms with Crippen LogP contribution in [0.2, 0.25) is 0 Å². The van der Waals surface area contributed by atoms with Crippen LogP contribution in [0.1, 0.15) is 26.3 Å². The fourth-order valence-electron chi connectivity index (χ4n) is 1.51. The molecular formula is C11H16N2O2. The van der Waals surface area contributed by atoms with Crippen molar-refractivity contribution in [2.75, 3.05) is 12.4 Å². The van der Waals surface area contributed by atoms with Crippen molar-refractivity contribution >= 4 is 11.4 Å². The second kappa shape index (κ2) is 3.88. The summed E-state index contributed by atoms with van der Waals surface area (Å²) in [7, 11) is 1.77. The highest BCUT2D eigenvalue weighted by Gasteiger charge is 2.19. The maximum atomic E-state index is 10.6. The zero-order valence-corrected chi connectivity index (χ0v) is 9.50. The van der Waals surface area contributed by atoms with Crippen molar-refractivity contribution in [1.29, 1.82) is 0 Å². The van der Waals surface area contributed by atoms with E-state index in [1.54, 1.807) is 19.2 Å². The number of non-ortho nitro benzene ring substituents is 1. The van der Waals surface area contributed by atoms with Gasteiger partial charge in [0.1, 0.15) is 0 Å². The number of hydrogen-bond acceptors (Lipinski definition) is 3. The average molecular weight is 208 g/mol. The number of benzene rings is 1. The highest BCUT2D eigenvalue weighted by Crippen LogP contribution is 2.31. The Hall–Kier alpha value is -1.58. The number of nitro benzene ring substituents is 1. The molecule has 0 unspecified atom stereocenters. The van der Waals surface area contributed by atoms with E-state index in [0.717, 1.165) is 11.3 Å². The minimum atomic E-state index is -0.382. The smallest absolute Gasteiger partial charge is 0.271 e. The van der Waals surface area contributed by atoms with Crippen LogP contribution in [-0.2, 0) is 5.41 Å². The molecule has 82 valence electrons. The predicted molar refractivity (Wildman–Crippen MR) is 61.3 cm³/mol. The van der Waals surface area contributed by atoms with Gasteiger partial charge >= 0.3 is 0 Å². The maximum absolute atomic E-state index is 10.6. The monoisotopic (exact) mass is 208 g/mol. The van der Waals surface area contributed by atoms with Gasteiger partial charge in [-0.2, -0.15) is 0 Å². The first-order valence-electron chi connectivity index (χ1n) is 4.83. The first kappa shape index (κ1) is 11.5. The lowest BCUT2D eigenvalue weighted by molar-refractivity contribution is -0.384. The van der Waals surface area contributed by atoms with Crippen LogP contribution < -0.4 is 5.32 Å². The Labute approximate surface area is 89.5 Å². The predicted octanol–water partition coefficient (Wildman–Crippen LogP) is 2.93. The van der Waals surface area contributed by atoms with Crippen LogP contribution in [0.15, 0.2) is 18.2 Å². The van der Waals surface area contributed by atoms with Crippen molar-refractivity contribution in [2.24, 2.45) is 0 Å². The van der Waals surface area contributed by atoms with Crippen LogP contribution >= 0.6 is 0 Å². The van der Waals surface area contributed by atoms with E-state index in [0.29, 0.717) is 0 Å². The summed E-state index contributed by atoms with van der Waals surface area (Å²) in [4.78, 5) is 10.2. The first-order chi connectivity index (χ1) is 6.86. The molecule has 0 amide bonds. The van der Waals surface area contributed by atoms with E-state index in [1.807, 2.05) is 6.07 Å². The Morgan fingerprint density at radius 3 is 2.33 bits per heavy atom. The lowest BCUT2D eigenvalue weighted by Gasteiger charge is -2.22. The van der Waals surface area contributed by atoms with Gasteiger partial charge in [-0.25, -0.2) is 0 Å². The third kappa shape index (κ3) is 2.46. The fraction of sp³-hybridized carbons (Fsp3) is 0.455. The van der Waals surface area contributed by atoms with Crippen LogP contribution in [0.3, 0.4) is 0 Å². The summed E-state index contributed by atoms with van der Waals surface area (Å²) in [6.07, 6.45) is 0. The van der Waals surface area contributed by atoms with Gasteiger partial charge in [-0.15, -0.1) is 0 Å². The molecule has 0 radical (unpaired) electrons. The molecule has 0 heterocycles. The number of hydrogen-bond donors (Lipinski definition) is 1. The topological polar surface area (TPSA) is 55.2 Å². The van der Waals surface area contributed by atoms with Crippen molar-refractivity contribution < 1.29 is 4.92 Å². The molecule has 4 heteroatoms. The number of anilines is 1. The zero-order chi connectivity index (χ0) is 11.6. The van der Waals surface area contributed by atoms with E-state index in [4.69, 9.17) is 0 Å². The highest BCUT2D eigenvalue weighted by molar-refractivity contribution is 5.59. The van der Waals surface area contributed by atoms with Gasteiger partial charge in [0.15, 0.2) is 0 Å². The van der Waals surface area contributed by atoms with Gasteiger partial charge in [0.25, 0.3) is 5.69 Å². The molecule has 15 heavy (non-hydrogen) atoms. The Balaban J connectivity index is 3.27. The maximum Gasteiger partial charge on any atom is 0.271 e. The molecule has 0 aromatic heterocycles. The van der Waals surface area contributed by atoms with E-state index in [9.17, 15) is 10.1 Å². The third-order valence-electron chi connectivity index (χ3n) is 2.29. The van der Waals surface area contributed by atoms with Crippen molar-refractivity contribution in [2.45, 2.75) is 26.2 Å². The van der Waals surface area contributed by atoms with E-state index in [2.05, 4.69) is 26.1 Å². The van der Waals surface area contributed by atoms with E-state index in [1.165, 1.54) is 0 Å². The molecule has 0 bridgehead atoms. The standard InChI is InChI=1S/C11H16N2O2/c1-11(2,3)9-6-5-8(13(14)15)7-10(9)12-4/h5-7,12H,1-4H3. The molecule has 0 aliphatic heterocycles. The molecular weight excluding hydrogens is 192 g/mol. The SMILES string of the molecule is CNc1cc([N+](=O)[O-])ccc1C(C)(C)C. The van der Waals surface area contributed by atoms with E-state index < -0.39 is 0 Å². The molecule has 0 spiro atoms. The van der Waals surface area contributed by atoms with Gasteiger partial charge in [0.05, 0.1) is 4.92 Å². The van der Waals surface area contributed by atoms with Crippen LogP contribution in [0.25, 0.3) is 0 Å². The Bertz CT molecular complexity index is 381. The van der Waals surface area contributed by atoms with Gasteiger partial charge in [0, 0.05) is 24.9 Å². The van der Waals surface area contributed by atoms with Gasteiger partial charge < -0.3 is 5.32 Å². The second-order valence-corrected chi connectivity index (χ2v) is 4.49. The van der Waals surface area contributed by atoms with E-state index in [-0.39, 0.29) is 16.0 Å². The molecule has 0 saturated carbocycles. The van der Waals surface area contributed by atoms with Gasteiger partial charge in [-0.05, 0) is 17.0 Å². The summed E-state index contributed by atoms with van der Waals surface area (Å²) in [5.74, 6) is 0. The first-order valence-corrected chi connectivity index (χ1v) is 4.83. The normalized spacial score (nSPS) is 11.2. The zero-order valence-electron chi connectivity index (χ0n) is 9.50. The number of nitrogens with zero attached hydrogens (tertiary/aromatic N) is 1. The van der Waals surface area contributed by atoms with Gasteiger partial charge in [0.2, 0.25) is 0 Å². The molecule has 1 rings (SSSR count). The largest absolute Gasteiger partial charge is 0.388 e. The van der Waals surface area contributed by atoms with Crippen molar-refractivity contribution in [3.05, 3.63) is 33.9 Å². The molecule has 1 aromatic rings. The van der Waals surface area contributed by atoms with E-state index >= 15 is 0 Å². The number of nitro groups is 1. The summed E-state index contributed by atoms with van der Waals surface area (Å²) in [6.45, 7) is 6.24. The highest BCUT2D eigenvalue weighted by atomic mass is 16.6. The Kier molecular flexibility index (Phi) is 2.98. The van der Waals surface area contributed by atoms with Gasteiger partial charge in [-0.1, -0.05) is 20.8 Å². The van der Waals surface area contributed by atoms with Crippen molar-refractivity contribution in [3.8, 4) is 0 Å². The summed E-state index contributed by atoms with van der Waals surface area (Å²) < 4.78 is 0. The van der Waals surface area contributed by atoms with Crippen LogP contribution in [0, 0.1) is 10.1 Å². The molecule has 1 N–H and O–H groups in total. The molecule has 0 fully saturated rings. The summed E-state index contributed by atoms with van der Waals surface area (Å²) in [6, 6.07) is 4.92. The molecule has 0 saturated heterocycles. The molecule has 0 atom stereocenters. The molecule has 0 aliphatic carbocycles. The van der Waals surface area contributed by atoms with Crippen LogP contribution in [0.5, 0.6) is 0 Å². The average Bonchev–Trinajstić information content (AvgIpc) is 2.15. The fourth-order valence-corrected chi connectivity index (χ4v) is 1.51. The Morgan fingerprint density at radius 2 is 1.93 bits per heavy atom. The summed E-state index contributed by atoms with van der Waals surface area (Å²) in [5.41, 5.74) is 1.99. The minimum absolute atomic E-state index is 0.0204. The second-order valence-electron chi connectivity index (χ2n) is 4.49. The van der Waals surface area contributed by atoms with Crippen molar-refractivity contribution in [3.63, 3.8) is 0 Å². The lowest BCUT2D eigenvalue weighted by atomic mass is 9.85. The van der Waals surface area contributed by atoms with Crippen LogP contribution in [-0.4, -0.2) is 12.0 Å². The Morgan fingerprint density at radius 1 is 1.33 bits per heavy atom. The summed E-state index contributed by atoms with van der Waals surface area (Å²) in [5, 5.41) is 13.6. The molecule has 4 nitrogen and oxygen atoms in total. The molecule has 0 aliphatic rings. The third-order valence-corrected chi connectivity index (χ3v) is 2.29. The van der Waals surface area contributed by atoms with Crippen molar-refractivity contribution in [1.82, 2.24) is 0 Å².